The van der Waals surface area contributed by atoms with Crippen LogP contribution in [0.4, 0.5) is 0 Å². The Bertz CT molecular complexity index is 603. The molecule has 1 aliphatic carbocycles. The van der Waals surface area contributed by atoms with Gasteiger partial charge < -0.3 is 4.98 Å². The Morgan fingerprint density at radius 1 is 1.32 bits per heavy atom. The summed E-state index contributed by atoms with van der Waals surface area (Å²) < 4.78 is 0. The number of fused-ring (bicyclic) bond motifs is 3. The molecule has 2 aromatic rings. The smallest absolute Gasteiger partial charge is 0.0459 e. The molecule has 0 spiro atoms. The van der Waals surface area contributed by atoms with Gasteiger partial charge in [0.25, 0.3) is 0 Å². The number of aromatic amines is 1. The van der Waals surface area contributed by atoms with Crippen LogP contribution in [-0.4, -0.2) is 4.98 Å². The number of hydrogen-bond acceptors (Lipinski definition) is 0. The van der Waals surface area contributed by atoms with Crippen LogP contribution >= 0.6 is 0 Å². The highest BCUT2D eigenvalue weighted by Gasteiger charge is 2.32. The zero-order valence-corrected chi connectivity index (χ0v) is 12.6. The highest BCUT2D eigenvalue weighted by molar-refractivity contribution is 5.85. The van der Waals surface area contributed by atoms with Gasteiger partial charge in [-0.1, -0.05) is 38.8 Å². The molecular weight excluding hydrogens is 230 g/mol. The molecule has 1 N–H and O–H groups in total. The Hall–Kier alpha value is -1.24. The number of nitrogens with one attached hydrogen (secondary N) is 1. The van der Waals surface area contributed by atoms with E-state index < -0.39 is 0 Å². The molecule has 0 bridgehead atoms. The largest absolute Gasteiger partial charge is 0.358 e. The molecule has 1 aliphatic rings. The fraction of sp³-hybridized carbons (Fsp3) is 0.556. The molecule has 1 heterocycles. The van der Waals surface area contributed by atoms with E-state index in [4.69, 9.17) is 0 Å². The third-order valence-electron chi connectivity index (χ3n) is 5.36. The second-order valence-electron chi connectivity index (χ2n) is 6.91. The van der Waals surface area contributed by atoms with Crippen LogP contribution in [0.5, 0.6) is 0 Å². The van der Waals surface area contributed by atoms with Crippen molar-refractivity contribution in [3.8, 4) is 0 Å². The topological polar surface area (TPSA) is 15.8 Å². The maximum Gasteiger partial charge on any atom is 0.0459 e. The first-order chi connectivity index (χ1) is 9.01. The number of H-pyrrole nitrogens is 1. The van der Waals surface area contributed by atoms with Crippen molar-refractivity contribution in [1.29, 1.82) is 0 Å². The van der Waals surface area contributed by atoms with Crippen LogP contribution in [0.1, 0.15) is 50.4 Å². The van der Waals surface area contributed by atoms with Crippen LogP contribution in [0.2, 0.25) is 0 Å². The molecule has 0 saturated heterocycles. The van der Waals surface area contributed by atoms with Crippen LogP contribution in [0.15, 0.2) is 18.2 Å². The fourth-order valence-corrected chi connectivity index (χ4v) is 3.49. The summed E-state index contributed by atoms with van der Waals surface area (Å²) in [6.07, 6.45) is 5.07. The Labute approximate surface area is 116 Å². The molecule has 102 valence electrons. The second-order valence-corrected chi connectivity index (χ2v) is 6.91. The molecule has 1 heteroatoms. The van der Waals surface area contributed by atoms with Crippen molar-refractivity contribution in [2.75, 3.05) is 0 Å². The molecular formula is C18H25N. The van der Waals surface area contributed by atoms with Crippen LogP contribution in [0, 0.1) is 18.3 Å². The first kappa shape index (κ1) is 12.8. The maximum atomic E-state index is 3.63. The molecule has 1 atom stereocenters. The van der Waals surface area contributed by atoms with Crippen molar-refractivity contribution in [2.45, 2.75) is 53.4 Å². The minimum absolute atomic E-state index is 0.463. The first-order valence-electron chi connectivity index (χ1n) is 7.61. The Morgan fingerprint density at radius 2 is 2.11 bits per heavy atom. The SMILES string of the molecule is CCC(C)(C)C1CCc2[nH]c3ccc(C)cc3c2C1. The summed E-state index contributed by atoms with van der Waals surface area (Å²) in [6.45, 7) is 9.38. The van der Waals surface area contributed by atoms with Gasteiger partial charge in [0.2, 0.25) is 0 Å². The molecule has 0 fully saturated rings. The number of rotatable bonds is 2. The van der Waals surface area contributed by atoms with Gasteiger partial charge in [-0.05, 0) is 55.2 Å². The number of aromatic nitrogens is 1. The van der Waals surface area contributed by atoms with Crippen molar-refractivity contribution in [3.05, 3.63) is 35.0 Å². The Kier molecular flexibility index (Phi) is 2.96. The van der Waals surface area contributed by atoms with Crippen LogP contribution < -0.4 is 0 Å². The number of hydrogen-bond donors (Lipinski definition) is 1. The third-order valence-corrected chi connectivity index (χ3v) is 5.36. The lowest BCUT2D eigenvalue weighted by Gasteiger charge is -2.36. The van der Waals surface area contributed by atoms with Crippen LogP contribution in [0.25, 0.3) is 10.9 Å². The van der Waals surface area contributed by atoms with Crippen LogP contribution in [0.3, 0.4) is 0 Å². The molecule has 19 heavy (non-hydrogen) atoms. The molecule has 3 rings (SSSR count). The fourth-order valence-electron chi connectivity index (χ4n) is 3.49. The highest BCUT2D eigenvalue weighted by atomic mass is 14.7. The van der Waals surface area contributed by atoms with E-state index in [1.54, 1.807) is 5.56 Å². The van der Waals surface area contributed by atoms with Gasteiger partial charge >= 0.3 is 0 Å². The average Bonchev–Trinajstić information content (AvgIpc) is 2.76. The molecule has 0 radical (unpaired) electrons. The summed E-state index contributed by atoms with van der Waals surface area (Å²) in [4.78, 5) is 3.63. The standard InChI is InChI=1S/C18H25N/c1-5-18(3,4)13-7-9-17-15(11-13)14-10-12(2)6-8-16(14)19-17/h6,8,10,13,19H,5,7,9,11H2,1-4H3. The molecule has 0 aliphatic heterocycles. The van der Waals surface area contributed by atoms with Crippen molar-refractivity contribution in [2.24, 2.45) is 11.3 Å². The lowest BCUT2D eigenvalue weighted by atomic mass is 9.69. The van der Waals surface area contributed by atoms with E-state index in [2.05, 4.69) is 50.9 Å². The second kappa shape index (κ2) is 4.40. The molecule has 1 aromatic heterocycles. The number of aryl methyl sites for hydroxylation is 2. The molecule has 1 aromatic carbocycles. The van der Waals surface area contributed by atoms with E-state index in [1.807, 2.05) is 0 Å². The third kappa shape index (κ3) is 2.09. The Morgan fingerprint density at radius 3 is 2.84 bits per heavy atom. The predicted octanol–water partition coefficient (Wildman–Crippen LogP) is 5.02. The minimum atomic E-state index is 0.463. The van der Waals surface area contributed by atoms with E-state index in [0.717, 1.165) is 5.92 Å². The van der Waals surface area contributed by atoms with E-state index in [-0.39, 0.29) is 0 Å². The average molecular weight is 255 g/mol. The Balaban J connectivity index is 2.04. The normalized spacial score (nSPS) is 19.7. The molecule has 0 saturated carbocycles. The van der Waals surface area contributed by atoms with E-state index >= 15 is 0 Å². The lowest BCUT2D eigenvalue weighted by molar-refractivity contribution is 0.183. The van der Waals surface area contributed by atoms with E-state index in [0.29, 0.717) is 5.41 Å². The first-order valence-corrected chi connectivity index (χ1v) is 7.61. The summed E-state index contributed by atoms with van der Waals surface area (Å²) in [5.41, 5.74) is 6.24. The van der Waals surface area contributed by atoms with Gasteiger partial charge in [0.15, 0.2) is 0 Å². The number of benzene rings is 1. The maximum absolute atomic E-state index is 3.63. The van der Waals surface area contributed by atoms with Gasteiger partial charge in [0.1, 0.15) is 0 Å². The summed E-state index contributed by atoms with van der Waals surface area (Å²) in [6, 6.07) is 6.80. The van der Waals surface area contributed by atoms with E-state index in [1.165, 1.54) is 47.8 Å². The molecule has 1 unspecified atom stereocenters. The summed E-state index contributed by atoms with van der Waals surface area (Å²) in [5, 5.41) is 1.46. The zero-order chi connectivity index (χ0) is 13.6. The van der Waals surface area contributed by atoms with Gasteiger partial charge in [0, 0.05) is 16.6 Å². The predicted molar refractivity (Wildman–Crippen MR) is 82.6 cm³/mol. The molecule has 1 nitrogen and oxygen atoms in total. The van der Waals surface area contributed by atoms with Gasteiger partial charge in [-0.15, -0.1) is 0 Å². The minimum Gasteiger partial charge on any atom is -0.358 e. The highest BCUT2D eigenvalue weighted by Crippen LogP contribution is 2.41. The van der Waals surface area contributed by atoms with Crippen molar-refractivity contribution >= 4 is 10.9 Å². The van der Waals surface area contributed by atoms with Crippen LogP contribution in [-0.2, 0) is 12.8 Å². The van der Waals surface area contributed by atoms with Crippen molar-refractivity contribution in [1.82, 2.24) is 4.98 Å². The quantitative estimate of drug-likeness (QED) is 0.775. The summed E-state index contributed by atoms with van der Waals surface area (Å²) >= 11 is 0. The van der Waals surface area contributed by atoms with Crippen molar-refractivity contribution < 1.29 is 0 Å². The lowest BCUT2D eigenvalue weighted by Crippen LogP contribution is -2.28. The van der Waals surface area contributed by atoms with Crippen molar-refractivity contribution in [3.63, 3.8) is 0 Å². The van der Waals surface area contributed by atoms with Gasteiger partial charge in [0.05, 0.1) is 0 Å². The monoisotopic (exact) mass is 255 g/mol. The van der Waals surface area contributed by atoms with E-state index in [9.17, 15) is 0 Å². The zero-order valence-electron chi connectivity index (χ0n) is 12.6. The van der Waals surface area contributed by atoms with Gasteiger partial charge in [-0.2, -0.15) is 0 Å². The van der Waals surface area contributed by atoms with Gasteiger partial charge in [-0.25, -0.2) is 0 Å². The summed E-state index contributed by atoms with van der Waals surface area (Å²) in [5.74, 6) is 0.824. The summed E-state index contributed by atoms with van der Waals surface area (Å²) in [7, 11) is 0. The van der Waals surface area contributed by atoms with Gasteiger partial charge in [-0.3, -0.25) is 0 Å². The molecule has 0 amide bonds.